The Labute approximate surface area is 128 Å². The van der Waals surface area contributed by atoms with Crippen molar-refractivity contribution < 1.29 is 14.0 Å². The molecule has 2 aromatic rings. The van der Waals surface area contributed by atoms with Crippen molar-refractivity contribution in [2.24, 2.45) is 0 Å². The number of imide groups is 1. The smallest absolute Gasteiger partial charge is 0.234 e. The summed E-state index contributed by atoms with van der Waals surface area (Å²) in [5, 5.41) is 2.98. The minimum Gasteiger partial charge on any atom is -0.296 e. The number of carbonyl (C=O) groups excluding carboxylic acids is 2. The van der Waals surface area contributed by atoms with E-state index in [9.17, 15) is 14.0 Å². The van der Waals surface area contributed by atoms with Crippen molar-refractivity contribution in [3.05, 3.63) is 39.7 Å². The molecule has 108 valence electrons. The van der Waals surface area contributed by atoms with Gasteiger partial charge in [0.25, 0.3) is 0 Å². The summed E-state index contributed by atoms with van der Waals surface area (Å²) in [6, 6.07) is 5.15. The van der Waals surface area contributed by atoms with Crippen molar-refractivity contribution in [2.75, 3.05) is 0 Å². The first-order valence-electron chi connectivity index (χ1n) is 6.56. The minimum absolute atomic E-state index is 0.252. The minimum atomic E-state index is -0.412. The molecule has 0 aliphatic carbocycles. The average molecular weight is 351 g/mol. The first-order chi connectivity index (χ1) is 9.97. The van der Waals surface area contributed by atoms with E-state index in [1.807, 2.05) is 0 Å². The highest BCUT2D eigenvalue weighted by Gasteiger charge is 2.29. The number of pyridine rings is 1. The van der Waals surface area contributed by atoms with Crippen LogP contribution in [0, 0.1) is 12.7 Å². The van der Waals surface area contributed by atoms with Gasteiger partial charge in [-0.3, -0.25) is 14.9 Å². The second-order valence-electron chi connectivity index (χ2n) is 5.10. The molecular weight excluding hydrogens is 339 g/mol. The van der Waals surface area contributed by atoms with E-state index in [2.05, 4.69) is 26.2 Å². The summed E-state index contributed by atoms with van der Waals surface area (Å²) in [5.74, 6) is -1.39. The molecule has 1 aliphatic heterocycles. The van der Waals surface area contributed by atoms with Crippen LogP contribution in [0.4, 0.5) is 4.39 Å². The molecule has 6 heteroatoms. The van der Waals surface area contributed by atoms with E-state index in [0.717, 1.165) is 5.56 Å². The van der Waals surface area contributed by atoms with Crippen LogP contribution >= 0.6 is 15.9 Å². The van der Waals surface area contributed by atoms with Crippen LogP contribution in [0.15, 0.2) is 22.7 Å². The lowest BCUT2D eigenvalue weighted by Crippen LogP contribution is -2.39. The van der Waals surface area contributed by atoms with E-state index in [4.69, 9.17) is 0 Å². The summed E-state index contributed by atoms with van der Waals surface area (Å²) in [6.45, 7) is 1.75. The van der Waals surface area contributed by atoms with Gasteiger partial charge in [0.15, 0.2) is 5.82 Å². The van der Waals surface area contributed by atoms with Crippen LogP contribution in [-0.4, -0.2) is 16.8 Å². The number of fused-ring (bicyclic) bond motifs is 1. The maximum atomic E-state index is 14.0. The lowest BCUT2D eigenvalue weighted by atomic mass is 9.89. The van der Waals surface area contributed by atoms with Crippen LogP contribution < -0.4 is 5.32 Å². The molecule has 0 radical (unpaired) electrons. The van der Waals surface area contributed by atoms with Crippen LogP contribution in [0.25, 0.3) is 10.9 Å². The molecule has 4 nitrogen and oxygen atoms in total. The normalized spacial score (nSPS) is 18.9. The van der Waals surface area contributed by atoms with Crippen LogP contribution in [0.5, 0.6) is 0 Å². The van der Waals surface area contributed by atoms with Crippen LogP contribution in [0.3, 0.4) is 0 Å². The fourth-order valence-electron chi connectivity index (χ4n) is 2.63. The lowest BCUT2D eigenvalue weighted by molar-refractivity contribution is -0.134. The number of piperidine rings is 1. The highest BCUT2D eigenvalue weighted by atomic mass is 79.9. The summed E-state index contributed by atoms with van der Waals surface area (Å²) in [7, 11) is 0. The monoisotopic (exact) mass is 350 g/mol. The largest absolute Gasteiger partial charge is 0.296 e. The van der Waals surface area contributed by atoms with Gasteiger partial charge in [-0.15, -0.1) is 0 Å². The van der Waals surface area contributed by atoms with Gasteiger partial charge in [0.2, 0.25) is 11.8 Å². The summed E-state index contributed by atoms with van der Waals surface area (Å²) in [5.41, 5.74) is 1.63. The molecule has 1 aliphatic rings. The van der Waals surface area contributed by atoms with Crippen LogP contribution in [0.1, 0.15) is 30.0 Å². The zero-order chi connectivity index (χ0) is 15.1. The Kier molecular flexibility index (Phi) is 3.49. The number of aryl methyl sites for hydroxylation is 1. The molecule has 1 N–H and O–H groups in total. The molecule has 1 aromatic heterocycles. The van der Waals surface area contributed by atoms with Crippen LogP contribution in [0.2, 0.25) is 0 Å². The van der Waals surface area contributed by atoms with Crippen molar-refractivity contribution >= 4 is 38.6 Å². The van der Waals surface area contributed by atoms with E-state index >= 15 is 0 Å². The molecule has 21 heavy (non-hydrogen) atoms. The van der Waals surface area contributed by atoms with Crippen LogP contribution in [-0.2, 0) is 9.59 Å². The topological polar surface area (TPSA) is 59.1 Å². The first kappa shape index (κ1) is 14.1. The molecule has 1 saturated heterocycles. The highest BCUT2D eigenvalue weighted by molar-refractivity contribution is 9.10. The summed E-state index contributed by atoms with van der Waals surface area (Å²) >= 11 is 3.14. The molecule has 2 amide bonds. The fraction of sp³-hybridized carbons (Fsp3) is 0.267. The summed E-state index contributed by atoms with van der Waals surface area (Å²) in [4.78, 5) is 27.5. The number of rotatable bonds is 1. The number of amides is 2. The van der Waals surface area contributed by atoms with Gasteiger partial charge in [-0.05, 0) is 47.0 Å². The van der Waals surface area contributed by atoms with Crippen molar-refractivity contribution in [1.29, 1.82) is 0 Å². The summed E-state index contributed by atoms with van der Waals surface area (Å²) < 4.78 is 14.4. The SMILES string of the molecule is Cc1nc2c(F)c(Br)ccc2cc1C1CCC(=O)NC1=O. The standard InChI is InChI=1S/C15H12BrFN2O2/c1-7-10(9-3-5-12(20)19-15(9)21)6-8-2-4-11(16)13(17)14(8)18-7/h2,4,6,9H,3,5H2,1H3,(H,19,20,21). The molecule has 1 unspecified atom stereocenters. The molecule has 0 spiro atoms. The van der Waals surface area contributed by atoms with Gasteiger partial charge >= 0.3 is 0 Å². The van der Waals surface area contributed by atoms with Crippen molar-refractivity contribution in [3.8, 4) is 0 Å². The maximum absolute atomic E-state index is 14.0. The van der Waals surface area contributed by atoms with Gasteiger partial charge in [0.1, 0.15) is 5.52 Å². The zero-order valence-electron chi connectivity index (χ0n) is 11.2. The highest BCUT2D eigenvalue weighted by Crippen LogP contribution is 2.31. The Hall–Kier alpha value is -1.82. The third kappa shape index (κ3) is 2.44. The first-order valence-corrected chi connectivity index (χ1v) is 7.35. The molecule has 1 atom stereocenters. The number of hydrogen-bond donors (Lipinski definition) is 1. The lowest BCUT2D eigenvalue weighted by Gasteiger charge is -2.22. The zero-order valence-corrected chi connectivity index (χ0v) is 12.8. The molecule has 1 fully saturated rings. The Balaban J connectivity index is 2.12. The van der Waals surface area contributed by atoms with Crippen molar-refractivity contribution in [2.45, 2.75) is 25.7 Å². The van der Waals surface area contributed by atoms with Gasteiger partial charge in [-0.1, -0.05) is 6.07 Å². The number of hydrogen-bond acceptors (Lipinski definition) is 3. The number of benzene rings is 1. The van der Waals surface area contributed by atoms with E-state index in [1.54, 1.807) is 25.1 Å². The van der Waals surface area contributed by atoms with E-state index in [1.165, 1.54) is 0 Å². The van der Waals surface area contributed by atoms with E-state index < -0.39 is 11.7 Å². The fourth-order valence-corrected chi connectivity index (χ4v) is 2.95. The molecule has 3 rings (SSSR count). The third-order valence-electron chi connectivity index (χ3n) is 3.72. The molecule has 0 bridgehead atoms. The Morgan fingerprint density at radius 2 is 2.14 bits per heavy atom. The Morgan fingerprint density at radius 1 is 1.38 bits per heavy atom. The van der Waals surface area contributed by atoms with Gasteiger partial charge in [-0.25, -0.2) is 9.37 Å². The molecular formula is C15H12BrFN2O2. The predicted molar refractivity (Wildman–Crippen MR) is 79.3 cm³/mol. The van der Waals surface area contributed by atoms with Crippen molar-refractivity contribution in [3.63, 3.8) is 0 Å². The number of nitrogens with zero attached hydrogens (tertiary/aromatic N) is 1. The van der Waals surface area contributed by atoms with Gasteiger partial charge in [-0.2, -0.15) is 0 Å². The van der Waals surface area contributed by atoms with Crippen molar-refractivity contribution in [1.82, 2.24) is 10.3 Å². The second-order valence-corrected chi connectivity index (χ2v) is 5.95. The molecule has 0 saturated carbocycles. The maximum Gasteiger partial charge on any atom is 0.234 e. The summed E-state index contributed by atoms with van der Waals surface area (Å²) in [6.07, 6.45) is 0.764. The number of nitrogens with one attached hydrogen (secondary N) is 1. The van der Waals surface area contributed by atoms with E-state index in [-0.39, 0.29) is 17.3 Å². The third-order valence-corrected chi connectivity index (χ3v) is 4.34. The van der Waals surface area contributed by atoms with E-state index in [0.29, 0.717) is 28.4 Å². The number of aromatic nitrogens is 1. The van der Waals surface area contributed by atoms with Gasteiger partial charge in [0, 0.05) is 17.5 Å². The Bertz CT molecular complexity index is 776. The Morgan fingerprint density at radius 3 is 2.86 bits per heavy atom. The average Bonchev–Trinajstić information content (AvgIpc) is 2.44. The molecule has 2 heterocycles. The molecule has 1 aromatic carbocycles. The van der Waals surface area contributed by atoms with Gasteiger partial charge < -0.3 is 0 Å². The number of halogens is 2. The quantitative estimate of drug-likeness (QED) is 0.804. The number of carbonyl (C=O) groups is 2. The van der Waals surface area contributed by atoms with Gasteiger partial charge in [0.05, 0.1) is 10.4 Å². The second kappa shape index (κ2) is 5.18. The predicted octanol–water partition coefficient (Wildman–Crippen LogP) is 2.97.